The lowest BCUT2D eigenvalue weighted by Crippen LogP contribution is -2.41. The molecule has 0 aromatic carbocycles. The molecule has 2 heterocycles. The van der Waals surface area contributed by atoms with Crippen molar-refractivity contribution in [2.45, 2.75) is 39.7 Å². The van der Waals surface area contributed by atoms with Crippen molar-refractivity contribution < 1.29 is 9.53 Å². The van der Waals surface area contributed by atoms with Crippen LogP contribution in [0.4, 0.5) is 4.79 Å². The van der Waals surface area contributed by atoms with Crippen LogP contribution < -0.4 is 5.32 Å². The first-order valence-electron chi connectivity index (χ1n) is 7.51. The van der Waals surface area contributed by atoms with Crippen molar-refractivity contribution in [3.8, 4) is 0 Å². The van der Waals surface area contributed by atoms with Crippen LogP contribution in [0.2, 0.25) is 0 Å². The lowest BCUT2D eigenvalue weighted by atomic mass is 10.0. The number of thiazole rings is 1. The Bertz CT molecular complexity index is 483. The molecule has 1 aromatic heterocycles. The molecule has 0 bridgehead atoms. The highest BCUT2D eigenvalue weighted by atomic mass is 32.1. The summed E-state index contributed by atoms with van der Waals surface area (Å²) in [6.45, 7) is 8.41. The maximum absolute atomic E-state index is 12.3. The lowest BCUT2D eigenvalue weighted by molar-refractivity contribution is 0.0663. The summed E-state index contributed by atoms with van der Waals surface area (Å²) in [5.41, 5.74) is 1.02. The Morgan fingerprint density at radius 3 is 2.71 bits per heavy atom. The van der Waals surface area contributed by atoms with Crippen LogP contribution in [0.15, 0.2) is 0 Å². The monoisotopic (exact) mass is 311 g/mol. The molecule has 2 rings (SSSR count). The summed E-state index contributed by atoms with van der Waals surface area (Å²) in [6, 6.07) is 0.0327. The standard InChI is InChI=1S/C15H25N3O2S/c1-10-14(21-12(3)17-10)11(2)18(4)15(19)16-9-13-5-7-20-8-6-13/h11,13H,5-9H2,1-4H3,(H,16,19). The minimum Gasteiger partial charge on any atom is -0.381 e. The van der Waals surface area contributed by atoms with Crippen LogP contribution in [0.1, 0.15) is 41.4 Å². The van der Waals surface area contributed by atoms with Crippen molar-refractivity contribution in [1.82, 2.24) is 15.2 Å². The molecular formula is C15H25N3O2S. The molecule has 1 fully saturated rings. The summed E-state index contributed by atoms with van der Waals surface area (Å²) < 4.78 is 5.34. The van der Waals surface area contributed by atoms with Gasteiger partial charge in [-0.2, -0.15) is 0 Å². The average Bonchev–Trinajstić information content (AvgIpc) is 2.83. The predicted molar refractivity (Wildman–Crippen MR) is 84.7 cm³/mol. The average molecular weight is 311 g/mol. The molecule has 0 spiro atoms. The smallest absolute Gasteiger partial charge is 0.317 e. The summed E-state index contributed by atoms with van der Waals surface area (Å²) in [5.74, 6) is 0.541. The maximum Gasteiger partial charge on any atom is 0.317 e. The zero-order valence-corrected chi connectivity index (χ0v) is 14.1. The topological polar surface area (TPSA) is 54.5 Å². The number of amides is 2. The van der Waals surface area contributed by atoms with Gasteiger partial charge in [-0.1, -0.05) is 0 Å². The van der Waals surface area contributed by atoms with Crippen molar-refractivity contribution >= 4 is 17.4 Å². The Labute approximate surface area is 130 Å². The minimum absolute atomic E-state index is 0.0144. The molecule has 21 heavy (non-hydrogen) atoms. The van der Waals surface area contributed by atoms with E-state index in [-0.39, 0.29) is 12.1 Å². The third-order valence-electron chi connectivity index (χ3n) is 4.10. The van der Waals surface area contributed by atoms with Crippen LogP contribution in [0.5, 0.6) is 0 Å². The van der Waals surface area contributed by atoms with Gasteiger partial charge in [0.15, 0.2) is 0 Å². The Morgan fingerprint density at radius 2 is 2.14 bits per heavy atom. The van der Waals surface area contributed by atoms with Crippen LogP contribution in [0.25, 0.3) is 0 Å². The number of carbonyl (C=O) groups is 1. The van der Waals surface area contributed by atoms with Gasteiger partial charge in [0, 0.05) is 31.7 Å². The molecule has 0 saturated carbocycles. The molecule has 1 unspecified atom stereocenters. The van der Waals surface area contributed by atoms with Gasteiger partial charge in [-0.3, -0.25) is 0 Å². The second-order valence-corrected chi connectivity index (χ2v) is 6.95. The van der Waals surface area contributed by atoms with Gasteiger partial charge in [-0.05, 0) is 39.5 Å². The van der Waals surface area contributed by atoms with E-state index < -0.39 is 0 Å². The Morgan fingerprint density at radius 1 is 1.48 bits per heavy atom. The normalized spacial score (nSPS) is 17.5. The van der Waals surface area contributed by atoms with E-state index in [9.17, 15) is 4.79 Å². The molecule has 6 heteroatoms. The van der Waals surface area contributed by atoms with Crippen molar-refractivity contribution in [3.63, 3.8) is 0 Å². The minimum atomic E-state index is -0.0144. The van der Waals surface area contributed by atoms with Crippen LogP contribution >= 0.6 is 11.3 Å². The predicted octanol–water partition coefficient (Wildman–Crippen LogP) is 2.89. The van der Waals surface area contributed by atoms with Gasteiger partial charge >= 0.3 is 6.03 Å². The molecule has 1 saturated heterocycles. The molecular weight excluding hydrogens is 286 g/mol. The fourth-order valence-corrected chi connectivity index (χ4v) is 3.62. The number of ether oxygens (including phenoxy) is 1. The summed E-state index contributed by atoms with van der Waals surface area (Å²) in [7, 11) is 1.85. The van der Waals surface area contributed by atoms with E-state index in [0.29, 0.717) is 5.92 Å². The molecule has 1 atom stereocenters. The lowest BCUT2D eigenvalue weighted by Gasteiger charge is -2.27. The fraction of sp³-hybridized carbons (Fsp3) is 0.733. The molecule has 0 radical (unpaired) electrons. The molecule has 5 nitrogen and oxygen atoms in total. The number of carbonyl (C=O) groups excluding carboxylic acids is 1. The maximum atomic E-state index is 12.3. The van der Waals surface area contributed by atoms with Crippen LogP contribution in [-0.4, -0.2) is 42.7 Å². The Hall–Kier alpha value is -1.14. The van der Waals surface area contributed by atoms with Gasteiger partial charge < -0.3 is 15.0 Å². The molecule has 1 N–H and O–H groups in total. The van der Waals surface area contributed by atoms with E-state index in [1.165, 1.54) is 0 Å². The van der Waals surface area contributed by atoms with Gasteiger partial charge in [0.2, 0.25) is 0 Å². The van der Waals surface area contributed by atoms with Gasteiger partial charge in [0.25, 0.3) is 0 Å². The van der Waals surface area contributed by atoms with Gasteiger partial charge in [0.1, 0.15) is 0 Å². The van der Waals surface area contributed by atoms with E-state index in [0.717, 1.165) is 48.2 Å². The van der Waals surface area contributed by atoms with Crippen LogP contribution in [-0.2, 0) is 4.74 Å². The van der Waals surface area contributed by atoms with Crippen molar-refractivity contribution in [3.05, 3.63) is 15.6 Å². The summed E-state index contributed by atoms with van der Waals surface area (Å²) in [6.07, 6.45) is 2.07. The first kappa shape index (κ1) is 16.2. The zero-order valence-electron chi connectivity index (χ0n) is 13.3. The van der Waals surface area contributed by atoms with Crippen LogP contribution in [0.3, 0.4) is 0 Å². The summed E-state index contributed by atoms with van der Waals surface area (Å²) >= 11 is 1.67. The van der Waals surface area contributed by atoms with E-state index in [4.69, 9.17) is 4.74 Å². The highest BCUT2D eigenvalue weighted by Crippen LogP contribution is 2.28. The first-order valence-corrected chi connectivity index (χ1v) is 8.33. The Balaban J connectivity index is 1.87. The van der Waals surface area contributed by atoms with Crippen molar-refractivity contribution in [2.24, 2.45) is 5.92 Å². The third kappa shape index (κ3) is 4.17. The number of urea groups is 1. The SMILES string of the molecule is Cc1nc(C)c(C(C)N(C)C(=O)NCC2CCOCC2)s1. The quantitative estimate of drug-likeness (QED) is 0.930. The highest BCUT2D eigenvalue weighted by Gasteiger charge is 2.22. The van der Waals surface area contributed by atoms with Gasteiger partial charge in [-0.15, -0.1) is 11.3 Å². The van der Waals surface area contributed by atoms with Crippen LogP contribution in [0, 0.1) is 19.8 Å². The van der Waals surface area contributed by atoms with E-state index in [1.807, 2.05) is 27.8 Å². The molecule has 0 aliphatic carbocycles. The Kier molecular flexibility index (Phi) is 5.58. The molecule has 1 aromatic rings. The molecule has 2 amide bonds. The number of nitrogens with zero attached hydrogens (tertiary/aromatic N) is 2. The highest BCUT2D eigenvalue weighted by molar-refractivity contribution is 7.11. The van der Waals surface area contributed by atoms with Crippen molar-refractivity contribution in [2.75, 3.05) is 26.8 Å². The van der Waals surface area contributed by atoms with E-state index >= 15 is 0 Å². The zero-order chi connectivity index (χ0) is 15.4. The van der Waals surface area contributed by atoms with Crippen molar-refractivity contribution in [1.29, 1.82) is 0 Å². The first-order chi connectivity index (χ1) is 9.99. The van der Waals surface area contributed by atoms with Gasteiger partial charge in [0.05, 0.1) is 16.7 Å². The second kappa shape index (κ2) is 7.22. The number of aryl methyl sites for hydroxylation is 2. The summed E-state index contributed by atoms with van der Waals surface area (Å²) in [5, 5.41) is 4.09. The number of aromatic nitrogens is 1. The largest absolute Gasteiger partial charge is 0.381 e. The van der Waals surface area contributed by atoms with Gasteiger partial charge in [-0.25, -0.2) is 9.78 Å². The number of hydrogen-bond acceptors (Lipinski definition) is 4. The van der Waals surface area contributed by atoms with E-state index in [1.54, 1.807) is 16.2 Å². The number of nitrogens with one attached hydrogen (secondary N) is 1. The molecule has 118 valence electrons. The fourth-order valence-electron chi connectivity index (χ4n) is 2.59. The molecule has 1 aliphatic rings. The molecule has 1 aliphatic heterocycles. The summed E-state index contributed by atoms with van der Waals surface area (Å²) in [4.78, 5) is 19.7. The third-order valence-corrected chi connectivity index (χ3v) is 5.35. The number of hydrogen-bond donors (Lipinski definition) is 1. The second-order valence-electron chi connectivity index (χ2n) is 5.71. The number of rotatable bonds is 4. The van der Waals surface area contributed by atoms with E-state index in [2.05, 4.69) is 10.3 Å².